The lowest BCUT2D eigenvalue weighted by Crippen LogP contribution is -2.38. The third kappa shape index (κ3) is 2.25. The number of rotatable bonds is 3. The molecule has 0 aromatic heterocycles. The van der Waals surface area contributed by atoms with E-state index in [4.69, 9.17) is 0 Å². The van der Waals surface area contributed by atoms with E-state index >= 15 is 0 Å². The number of amides is 1. The van der Waals surface area contributed by atoms with Crippen molar-refractivity contribution in [2.45, 2.75) is 31.7 Å². The number of carbonyl (C=O) groups is 1. The molecule has 2 aliphatic rings. The van der Waals surface area contributed by atoms with Crippen LogP contribution in [0.25, 0.3) is 0 Å². The summed E-state index contributed by atoms with van der Waals surface area (Å²) in [5.41, 5.74) is -0.164. The molecule has 0 heterocycles. The highest BCUT2D eigenvalue weighted by molar-refractivity contribution is 5.94. The minimum atomic E-state index is -0.745. The number of carbonyl (C=O) groups excluding carboxylic acids is 1. The van der Waals surface area contributed by atoms with Crippen molar-refractivity contribution < 1.29 is 13.6 Å². The zero-order valence-electron chi connectivity index (χ0n) is 11.4. The third-order valence-corrected chi connectivity index (χ3v) is 4.61. The second-order valence-corrected chi connectivity index (χ2v) is 5.82. The van der Waals surface area contributed by atoms with Gasteiger partial charge in [-0.25, -0.2) is 8.78 Å². The van der Waals surface area contributed by atoms with E-state index in [-0.39, 0.29) is 23.2 Å². The summed E-state index contributed by atoms with van der Waals surface area (Å²) >= 11 is 0. The Kier molecular flexibility index (Phi) is 3.36. The van der Waals surface area contributed by atoms with Crippen LogP contribution in [0.15, 0.2) is 12.1 Å². The van der Waals surface area contributed by atoms with Crippen molar-refractivity contribution in [1.82, 2.24) is 5.32 Å². The molecule has 2 saturated carbocycles. The van der Waals surface area contributed by atoms with Gasteiger partial charge in [0.1, 0.15) is 17.3 Å². The largest absolute Gasteiger partial charge is 0.383 e. The molecule has 2 fully saturated rings. The fourth-order valence-corrected chi connectivity index (χ4v) is 3.62. The van der Waals surface area contributed by atoms with Crippen LogP contribution in [-0.4, -0.2) is 19.0 Å². The number of hydrogen-bond acceptors (Lipinski definition) is 2. The second-order valence-electron chi connectivity index (χ2n) is 5.82. The quantitative estimate of drug-likeness (QED) is 0.894. The lowest BCUT2D eigenvalue weighted by atomic mass is 9.95. The lowest BCUT2D eigenvalue weighted by molar-refractivity contribution is 0.0922. The van der Waals surface area contributed by atoms with E-state index < -0.39 is 11.6 Å². The van der Waals surface area contributed by atoms with Gasteiger partial charge in [-0.1, -0.05) is 6.42 Å². The topological polar surface area (TPSA) is 41.1 Å². The van der Waals surface area contributed by atoms with Crippen molar-refractivity contribution in [2.75, 3.05) is 12.4 Å². The zero-order valence-corrected chi connectivity index (χ0v) is 11.4. The Balaban J connectivity index is 1.74. The summed E-state index contributed by atoms with van der Waals surface area (Å²) in [6.07, 6.45) is 4.57. The van der Waals surface area contributed by atoms with Gasteiger partial charge in [-0.15, -0.1) is 0 Å². The lowest BCUT2D eigenvalue weighted by Gasteiger charge is -2.23. The van der Waals surface area contributed by atoms with Crippen molar-refractivity contribution in [2.24, 2.45) is 11.8 Å². The van der Waals surface area contributed by atoms with Crippen molar-refractivity contribution >= 4 is 11.6 Å². The maximum absolute atomic E-state index is 13.7. The maximum Gasteiger partial charge on any atom is 0.251 e. The molecular formula is C15H18F2N2O. The Morgan fingerprint density at radius 3 is 2.40 bits per heavy atom. The molecule has 1 aromatic carbocycles. The molecule has 1 aromatic rings. The molecule has 2 N–H and O–H groups in total. The molecule has 0 radical (unpaired) electrons. The van der Waals surface area contributed by atoms with Crippen LogP contribution < -0.4 is 10.6 Å². The fraction of sp³-hybridized carbons (Fsp3) is 0.533. The van der Waals surface area contributed by atoms with E-state index in [9.17, 15) is 13.6 Å². The summed E-state index contributed by atoms with van der Waals surface area (Å²) in [5, 5.41) is 5.37. The summed E-state index contributed by atoms with van der Waals surface area (Å²) < 4.78 is 27.3. The molecule has 1 amide bonds. The summed E-state index contributed by atoms with van der Waals surface area (Å²) in [7, 11) is 1.44. The van der Waals surface area contributed by atoms with E-state index in [1.165, 1.54) is 19.9 Å². The number of benzene rings is 1. The van der Waals surface area contributed by atoms with Crippen LogP contribution in [0.1, 0.15) is 36.0 Å². The number of hydrogen-bond donors (Lipinski definition) is 2. The number of fused-ring (bicyclic) bond motifs is 2. The van der Waals surface area contributed by atoms with Gasteiger partial charge in [0.15, 0.2) is 0 Å². The first-order chi connectivity index (χ1) is 9.58. The smallest absolute Gasteiger partial charge is 0.251 e. The average molecular weight is 280 g/mol. The van der Waals surface area contributed by atoms with Crippen LogP contribution in [0.3, 0.4) is 0 Å². The minimum Gasteiger partial charge on any atom is -0.383 e. The van der Waals surface area contributed by atoms with Crippen molar-refractivity contribution in [3.8, 4) is 0 Å². The highest BCUT2D eigenvalue weighted by atomic mass is 19.1. The Bertz CT molecular complexity index is 524. The second kappa shape index (κ2) is 5.04. The van der Waals surface area contributed by atoms with Gasteiger partial charge in [0.05, 0.1) is 0 Å². The van der Waals surface area contributed by atoms with Gasteiger partial charge in [-0.2, -0.15) is 0 Å². The van der Waals surface area contributed by atoms with E-state index in [0.717, 1.165) is 25.0 Å². The molecule has 0 aliphatic heterocycles. The molecule has 0 saturated heterocycles. The van der Waals surface area contributed by atoms with Gasteiger partial charge < -0.3 is 10.6 Å². The highest BCUT2D eigenvalue weighted by Crippen LogP contribution is 2.44. The third-order valence-electron chi connectivity index (χ3n) is 4.61. The number of anilines is 1. The van der Waals surface area contributed by atoms with E-state index in [2.05, 4.69) is 10.6 Å². The average Bonchev–Trinajstić information content (AvgIpc) is 3.00. The minimum absolute atomic E-state index is 0.0433. The molecule has 3 nitrogen and oxygen atoms in total. The molecule has 0 spiro atoms. The fourth-order valence-electron chi connectivity index (χ4n) is 3.62. The first-order valence-electron chi connectivity index (χ1n) is 7.06. The van der Waals surface area contributed by atoms with Crippen molar-refractivity contribution in [3.63, 3.8) is 0 Å². The molecular weight excluding hydrogens is 262 g/mol. The van der Waals surface area contributed by atoms with Crippen LogP contribution in [-0.2, 0) is 0 Å². The van der Waals surface area contributed by atoms with Gasteiger partial charge in [0.25, 0.3) is 5.91 Å². The van der Waals surface area contributed by atoms with E-state index in [1.807, 2.05) is 0 Å². The molecule has 3 unspecified atom stereocenters. The monoisotopic (exact) mass is 280 g/mol. The summed E-state index contributed by atoms with van der Waals surface area (Å²) in [5.74, 6) is -0.625. The summed E-state index contributed by atoms with van der Waals surface area (Å²) in [6, 6.07) is 2.32. The van der Waals surface area contributed by atoms with Crippen LogP contribution in [0.4, 0.5) is 14.5 Å². The van der Waals surface area contributed by atoms with Crippen LogP contribution >= 0.6 is 0 Å². The van der Waals surface area contributed by atoms with Gasteiger partial charge in [-0.3, -0.25) is 4.79 Å². The molecule has 3 atom stereocenters. The molecule has 2 bridgehead atoms. The zero-order chi connectivity index (χ0) is 14.3. The van der Waals surface area contributed by atoms with Crippen LogP contribution in [0.5, 0.6) is 0 Å². The SMILES string of the molecule is CNc1c(F)cc(C(=O)NC2CC3CCC2C3)cc1F. The maximum atomic E-state index is 13.7. The Morgan fingerprint density at radius 2 is 1.90 bits per heavy atom. The molecule has 108 valence electrons. The van der Waals surface area contributed by atoms with Crippen molar-refractivity contribution in [3.05, 3.63) is 29.3 Å². The predicted molar refractivity (Wildman–Crippen MR) is 72.6 cm³/mol. The predicted octanol–water partition coefficient (Wildman–Crippen LogP) is 2.92. The van der Waals surface area contributed by atoms with Gasteiger partial charge >= 0.3 is 0 Å². The first kappa shape index (κ1) is 13.3. The van der Waals surface area contributed by atoms with Crippen LogP contribution in [0, 0.1) is 23.5 Å². The van der Waals surface area contributed by atoms with Gasteiger partial charge in [0.2, 0.25) is 0 Å². The number of nitrogens with one attached hydrogen (secondary N) is 2. The molecule has 2 aliphatic carbocycles. The first-order valence-corrected chi connectivity index (χ1v) is 7.06. The molecule has 5 heteroatoms. The van der Waals surface area contributed by atoms with Gasteiger partial charge in [-0.05, 0) is 43.2 Å². The molecule has 20 heavy (non-hydrogen) atoms. The van der Waals surface area contributed by atoms with E-state index in [0.29, 0.717) is 11.8 Å². The van der Waals surface area contributed by atoms with E-state index in [1.54, 1.807) is 0 Å². The highest BCUT2D eigenvalue weighted by Gasteiger charge is 2.40. The Hall–Kier alpha value is -1.65. The van der Waals surface area contributed by atoms with Crippen molar-refractivity contribution in [1.29, 1.82) is 0 Å². The van der Waals surface area contributed by atoms with Gasteiger partial charge in [0, 0.05) is 18.7 Å². The standard InChI is InChI=1S/C15H18F2N2O/c1-18-14-11(16)6-10(7-12(14)17)15(20)19-13-5-8-2-3-9(13)4-8/h6-9,13,18H,2-5H2,1H3,(H,19,20). The Morgan fingerprint density at radius 1 is 1.20 bits per heavy atom. The van der Waals surface area contributed by atoms with Crippen LogP contribution in [0.2, 0.25) is 0 Å². The summed E-state index contributed by atoms with van der Waals surface area (Å²) in [6.45, 7) is 0. The summed E-state index contributed by atoms with van der Waals surface area (Å²) in [4.78, 5) is 12.1. The number of halogens is 2. The molecule has 3 rings (SSSR count). The normalized spacial score (nSPS) is 27.6. The Labute approximate surface area is 116 Å².